The van der Waals surface area contributed by atoms with Crippen LogP contribution in [0.25, 0.3) is 22.7 Å². The highest BCUT2D eigenvalue weighted by Gasteiger charge is 2.11. The number of allylic oxidation sites excluding steroid dienone is 1. The van der Waals surface area contributed by atoms with Gasteiger partial charge in [0.25, 0.3) is 0 Å². The number of imidazole rings is 1. The van der Waals surface area contributed by atoms with Crippen LogP contribution in [0.3, 0.4) is 0 Å². The number of rotatable bonds is 3. The molecule has 1 saturated heterocycles. The molecule has 5 heteroatoms. The van der Waals surface area contributed by atoms with Crippen molar-refractivity contribution in [3.63, 3.8) is 0 Å². The van der Waals surface area contributed by atoms with Crippen molar-refractivity contribution in [2.75, 3.05) is 31.2 Å². The Morgan fingerprint density at radius 3 is 2.60 bits per heavy atom. The molecule has 0 saturated carbocycles. The highest BCUT2D eigenvalue weighted by atomic mass is 16.5. The minimum absolute atomic E-state index is 0.523. The van der Waals surface area contributed by atoms with Crippen LogP contribution in [0.4, 0.5) is 5.69 Å². The van der Waals surface area contributed by atoms with E-state index >= 15 is 0 Å². The Kier molecular flexibility index (Phi) is 4.19. The Morgan fingerprint density at radius 1 is 1.12 bits per heavy atom. The van der Waals surface area contributed by atoms with Crippen molar-refractivity contribution >= 4 is 28.4 Å². The van der Waals surface area contributed by atoms with Gasteiger partial charge in [-0.3, -0.25) is 0 Å². The second-order valence-corrected chi connectivity index (χ2v) is 5.96. The summed E-state index contributed by atoms with van der Waals surface area (Å²) in [7, 11) is 0. The van der Waals surface area contributed by atoms with Gasteiger partial charge in [0.2, 0.25) is 0 Å². The highest BCUT2D eigenvalue weighted by Crippen LogP contribution is 2.21. The molecule has 0 bridgehead atoms. The fraction of sp³-hybridized carbons (Fsp3) is 0.200. The molecule has 1 aliphatic rings. The number of aromatic nitrogens is 2. The number of benzene rings is 2. The number of fused-ring (bicyclic) bond motifs is 1. The van der Waals surface area contributed by atoms with Gasteiger partial charge in [-0.05, 0) is 35.9 Å². The van der Waals surface area contributed by atoms with Crippen LogP contribution in [0, 0.1) is 11.3 Å². The zero-order valence-electron chi connectivity index (χ0n) is 13.8. The maximum absolute atomic E-state index is 9.52. The first-order valence-corrected chi connectivity index (χ1v) is 8.33. The van der Waals surface area contributed by atoms with Gasteiger partial charge in [0.1, 0.15) is 11.9 Å². The summed E-state index contributed by atoms with van der Waals surface area (Å²) in [5.74, 6) is 0.598. The van der Waals surface area contributed by atoms with E-state index in [-0.39, 0.29) is 0 Å². The summed E-state index contributed by atoms with van der Waals surface area (Å²) < 4.78 is 5.39. The largest absolute Gasteiger partial charge is 0.378 e. The maximum Gasteiger partial charge on any atom is 0.149 e. The van der Waals surface area contributed by atoms with Crippen molar-refractivity contribution in [1.29, 1.82) is 5.26 Å². The van der Waals surface area contributed by atoms with Crippen LogP contribution in [0.2, 0.25) is 0 Å². The van der Waals surface area contributed by atoms with E-state index in [0.717, 1.165) is 42.9 Å². The Labute approximate surface area is 146 Å². The minimum Gasteiger partial charge on any atom is -0.378 e. The second kappa shape index (κ2) is 6.80. The summed E-state index contributed by atoms with van der Waals surface area (Å²) in [4.78, 5) is 10.0. The van der Waals surface area contributed by atoms with Crippen molar-refractivity contribution in [2.24, 2.45) is 0 Å². The minimum atomic E-state index is 0.523. The van der Waals surface area contributed by atoms with E-state index in [1.807, 2.05) is 42.5 Å². The molecule has 0 unspecified atom stereocenters. The summed E-state index contributed by atoms with van der Waals surface area (Å²) in [5, 5.41) is 9.52. The molecule has 0 radical (unpaired) electrons. The van der Waals surface area contributed by atoms with E-state index in [1.165, 1.54) is 5.69 Å². The van der Waals surface area contributed by atoms with Crippen LogP contribution in [0.5, 0.6) is 0 Å². The molecule has 3 aromatic rings. The van der Waals surface area contributed by atoms with Crippen LogP contribution >= 0.6 is 0 Å². The second-order valence-electron chi connectivity index (χ2n) is 5.96. The molecule has 4 rings (SSSR count). The first kappa shape index (κ1) is 15.4. The van der Waals surface area contributed by atoms with E-state index < -0.39 is 0 Å². The molecule has 1 aliphatic heterocycles. The van der Waals surface area contributed by atoms with Gasteiger partial charge in [0.05, 0.1) is 29.8 Å². The molecule has 25 heavy (non-hydrogen) atoms. The van der Waals surface area contributed by atoms with E-state index in [4.69, 9.17) is 4.74 Å². The molecule has 2 aromatic carbocycles. The third-order valence-electron chi connectivity index (χ3n) is 4.35. The van der Waals surface area contributed by atoms with Crippen molar-refractivity contribution in [3.8, 4) is 6.07 Å². The average molecular weight is 330 g/mol. The lowest BCUT2D eigenvalue weighted by atomic mass is 10.1. The number of anilines is 1. The van der Waals surface area contributed by atoms with Gasteiger partial charge in [0, 0.05) is 18.8 Å². The van der Waals surface area contributed by atoms with Crippen molar-refractivity contribution in [2.45, 2.75) is 0 Å². The summed E-state index contributed by atoms with van der Waals surface area (Å²) in [6, 6.07) is 18.3. The van der Waals surface area contributed by atoms with Crippen molar-refractivity contribution in [3.05, 3.63) is 59.9 Å². The number of hydrogen-bond donors (Lipinski definition) is 1. The Morgan fingerprint density at radius 2 is 1.88 bits per heavy atom. The van der Waals surface area contributed by atoms with Crippen LogP contribution in [0.1, 0.15) is 11.4 Å². The molecule has 0 atom stereocenters. The lowest BCUT2D eigenvalue weighted by Crippen LogP contribution is -2.36. The van der Waals surface area contributed by atoms with E-state index in [0.29, 0.717) is 11.4 Å². The highest BCUT2D eigenvalue weighted by molar-refractivity contribution is 5.90. The maximum atomic E-state index is 9.52. The fourth-order valence-corrected chi connectivity index (χ4v) is 3.00. The topological polar surface area (TPSA) is 64.9 Å². The zero-order valence-corrected chi connectivity index (χ0v) is 13.8. The Bertz CT molecular complexity index is 911. The smallest absolute Gasteiger partial charge is 0.149 e. The van der Waals surface area contributed by atoms with Crippen molar-refractivity contribution < 1.29 is 4.74 Å². The van der Waals surface area contributed by atoms with Gasteiger partial charge < -0.3 is 14.6 Å². The lowest BCUT2D eigenvalue weighted by molar-refractivity contribution is 0.122. The average Bonchev–Trinajstić information content (AvgIpc) is 3.11. The number of nitriles is 1. The van der Waals surface area contributed by atoms with Crippen LogP contribution in [0.15, 0.2) is 48.5 Å². The number of ether oxygens (including phenoxy) is 1. The summed E-state index contributed by atoms with van der Waals surface area (Å²) >= 11 is 0. The van der Waals surface area contributed by atoms with Gasteiger partial charge in [-0.2, -0.15) is 5.26 Å². The standard InChI is InChI=1S/C20H18N4O/c21-14-16(20-22-18-3-1-2-4-19(18)23-20)13-15-5-7-17(8-6-15)24-9-11-25-12-10-24/h1-8,13H,9-12H2,(H,22,23)/b16-13+. The monoisotopic (exact) mass is 330 g/mol. The Balaban J connectivity index is 1.60. The van der Waals surface area contributed by atoms with Crippen LogP contribution < -0.4 is 4.90 Å². The first-order valence-electron chi connectivity index (χ1n) is 8.33. The molecule has 1 fully saturated rings. The van der Waals surface area contributed by atoms with Gasteiger partial charge in [0.15, 0.2) is 0 Å². The quantitative estimate of drug-likeness (QED) is 0.747. The number of hydrogen-bond acceptors (Lipinski definition) is 4. The molecule has 2 heterocycles. The number of nitrogens with zero attached hydrogens (tertiary/aromatic N) is 3. The van der Waals surface area contributed by atoms with E-state index in [9.17, 15) is 5.26 Å². The van der Waals surface area contributed by atoms with E-state index in [1.54, 1.807) is 0 Å². The number of morpholine rings is 1. The molecule has 5 nitrogen and oxygen atoms in total. The molecular weight excluding hydrogens is 312 g/mol. The molecule has 0 spiro atoms. The number of aromatic amines is 1. The van der Waals surface area contributed by atoms with Crippen molar-refractivity contribution in [1.82, 2.24) is 9.97 Å². The molecule has 1 aromatic heterocycles. The zero-order chi connectivity index (χ0) is 17.1. The summed E-state index contributed by atoms with van der Waals surface area (Å²) in [6.45, 7) is 3.37. The molecule has 0 amide bonds. The summed E-state index contributed by atoms with van der Waals surface area (Å²) in [6.07, 6.45) is 1.86. The molecule has 0 aliphatic carbocycles. The van der Waals surface area contributed by atoms with Gasteiger partial charge in [-0.15, -0.1) is 0 Å². The predicted molar refractivity (Wildman–Crippen MR) is 99.1 cm³/mol. The van der Waals surface area contributed by atoms with E-state index in [2.05, 4.69) is 33.1 Å². The fourth-order valence-electron chi connectivity index (χ4n) is 3.00. The Hall–Kier alpha value is -3.10. The summed E-state index contributed by atoms with van der Waals surface area (Å²) in [5.41, 5.74) is 4.48. The first-order chi connectivity index (χ1) is 12.3. The van der Waals surface area contributed by atoms with Gasteiger partial charge >= 0.3 is 0 Å². The number of para-hydroxylation sites is 2. The third kappa shape index (κ3) is 3.25. The number of nitrogens with one attached hydrogen (secondary N) is 1. The lowest BCUT2D eigenvalue weighted by Gasteiger charge is -2.28. The number of H-pyrrole nitrogens is 1. The molecule has 124 valence electrons. The SMILES string of the molecule is N#C/C(=C\c1ccc(N2CCOCC2)cc1)c1nc2ccccc2[nH]1. The molecular formula is C20H18N4O. The predicted octanol–water partition coefficient (Wildman–Crippen LogP) is 3.46. The van der Waals surface area contributed by atoms with Gasteiger partial charge in [-0.25, -0.2) is 4.98 Å². The van der Waals surface area contributed by atoms with Crippen LogP contribution in [-0.4, -0.2) is 36.3 Å². The van der Waals surface area contributed by atoms with Gasteiger partial charge in [-0.1, -0.05) is 24.3 Å². The van der Waals surface area contributed by atoms with Crippen LogP contribution in [-0.2, 0) is 4.74 Å². The molecule has 1 N–H and O–H groups in total. The normalized spacial score (nSPS) is 15.3. The third-order valence-corrected chi connectivity index (χ3v) is 4.35.